The van der Waals surface area contributed by atoms with Crippen LogP contribution in [0.3, 0.4) is 0 Å². The third-order valence-corrected chi connectivity index (χ3v) is 6.02. The van der Waals surface area contributed by atoms with Crippen molar-refractivity contribution in [3.63, 3.8) is 0 Å². The zero-order chi connectivity index (χ0) is 17.6. The first kappa shape index (κ1) is 16.2. The molecule has 0 N–H and O–H groups in total. The second kappa shape index (κ2) is 5.92. The summed E-state index contributed by atoms with van der Waals surface area (Å²) >= 11 is 0. The zero-order valence-corrected chi connectivity index (χ0v) is 14.9. The summed E-state index contributed by atoms with van der Waals surface area (Å²) in [5, 5.41) is 9.40. The van der Waals surface area contributed by atoms with Gasteiger partial charge in [-0.05, 0) is 18.9 Å². The van der Waals surface area contributed by atoms with Crippen LogP contribution in [0.25, 0.3) is 22.3 Å². The van der Waals surface area contributed by atoms with Crippen molar-refractivity contribution in [2.45, 2.75) is 18.8 Å². The molecule has 8 nitrogen and oxygen atoms in total. The molecule has 0 aliphatic carbocycles. The molecule has 3 aromatic rings. The van der Waals surface area contributed by atoms with Crippen molar-refractivity contribution in [2.75, 3.05) is 19.3 Å². The van der Waals surface area contributed by atoms with Crippen molar-refractivity contribution in [1.82, 2.24) is 24.2 Å². The van der Waals surface area contributed by atoms with Crippen molar-refractivity contribution in [1.29, 1.82) is 0 Å². The van der Waals surface area contributed by atoms with Gasteiger partial charge in [-0.25, -0.2) is 12.7 Å². The fraction of sp³-hybridized carbons (Fsp3) is 0.438. The van der Waals surface area contributed by atoms with E-state index in [0.717, 1.165) is 16.5 Å². The van der Waals surface area contributed by atoms with E-state index in [1.165, 1.54) is 10.6 Å². The number of sulfonamides is 1. The van der Waals surface area contributed by atoms with Crippen LogP contribution in [-0.4, -0.2) is 52.0 Å². The van der Waals surface area contributed by atoms with Gasteiger partial charge in [0.05, 0.1) is 18.0 Å². The average Bonchev–Trinajstić information content (AvgIpc) is 3.22. The summed E-state index contributed by atoms with van der Waals surface area (Å²) in [5.41, 5.74) is 1.88. The van der Waals surface area contributed by atoms with Crippen molar-refractivity contribution in [3.05, 3.63) is 30.3 Å². The number of benzene rings is 1. The van der Waals surface area contributed by atoms with Crippen LogP contribution in [0.1, 0.15) is 24.7 Å². The Morgan fingerprint density at radius 3 is 2.72 bits per heavy atom. The number of hydrogen-bond donors (Lipinski definition) is 0. The minimum absolute atomic E-state index is 0.0969. The minimum atomic E-state index is -3.13. The van der Waals surface area contributed by atoms with Gasteiger partial charge in [-0.3, -0.25) is 4.68 Å². The molecule has 0 amide bonds. The number of fused-ring (bicyclic) bond motifs is 1. The topological polar surface area (TPSA) is 94.1 Å². The van der Waals surface area contributed by atoms with Gasteiger partial charge in [-0.2, -0.15) is 10.1 Å². The summed E-state index contributed by atoms with van der Waals surface area (Å²) in [7, 11) is -1.24. The summed E-state index contributed by atoms with van der Waals surface area (Å²) in [5.74, 6) is 1.22. The number of piperidine rings is 1. The summed E-state index contributed by atoms with van der Waals surface area (Å²) < 4.78 is 32.0. The third kappa shape index (κ3) is 3.05. The van der Waals surface area contributed by atoms with Gasteiger partial charge in [0.25, 0.3) is 0 Å². The van der Waals surface area contributed by atoms with Crippen LogP contribution < -0.4 is 0 Å². The molecule has 0 atom stereocenters. The average molecular weight is 361 g/mol. The highest BCUT2D eigenvalue weighted by Crippen LogP contribution is 2.30. The molecule has 2 aromatic heterocycles. The van der Waals surface area contributed by atoms with Gasteiger partial charge in [0.2, 0.25) is 21.7 Å². The molecule has 9 heteroatoms. The highest BCUT2D eigenvalue weighted by Gasteiger charge is 2.29. The normalized spacial score (nSPS) is 17.4. The molecule has 1 aliphatic rings. The Morgan fingerprint density at radius 2 is 2.00 bits per heavy atom. The monoisotopic (exact) mass is 361 g/mol. The number of aromatic nitrogens is 4. The molecule has 25 heavy (non-hydrogen) atoms. The molecule has 0 radical (unpaired) electrons. The molecule has 3 heterocycles. The van der Waals surface area contributed by atoms with Gasteiger partial charge < -0.3 is 4.52 Å². The molecular formula is C16H19N5O3S. The van der Waals surface area contributed by atoms with E-state index in [1.54, 1.807) is 4.68 Å². The lowest BCUT2D eigenvalue weighted by Gasteiger charge is -2.28. The lowest BCUT2D eigenvalue weighted by molar-refractivity contribution is 0.271. The van der Waals surface area contributed by atoms with Crippen LogP contribution in [0, 0.1) is 0 Å². The number of nitrogens with zero attached hydrogens (tertiary/aromatic N) is 5. The molecule has 1 aromatic carbocycles. The van der Waals surface area contributed by atoms with Crippen molar-refractivity contribution >= 4 is 20.9 Å². The molecule has 0 saturated carbocycles. The van der Waals surface area contributed by atoms with E-state index in [-0.39, 0.29) is 5.92 Å². The Bertz CT molecular complexity index is 1020. The van der Waals surface area contributed by atoms with E-state index < -0.39 is 10.0 Å². The smallest absolute Gasteiger partial charge is 0.230 e. The molecule has 1 fully saturated rings. The fourth-order valence-corrected chi connectivity index (χ4v) is 4.11. The second-order valence-corrected chi connectivity index (χ2v) is 8.42. The fourth-order valence-electron chi connectivity index (χ4n) is 3.24. The van der Waals surface area contributed by atoms with Gasteiger partial charge in [-0.1, -0.05) is 17.3 Å². The lowest BCUT2D eigenvalue weighted by Crippen LogP contribution is -2.37. The Labute approximate surface area is 145 Å². The Balaban J connectivity index is 1.55. The molecule has 1 saturated heterocycles. The van der Waals surface area contributed by atoms with Crippen LogP contribution in [0.2, 0.25) is 0 Å². The van der Waals surface area contributed by atoms with Crippen molar-refractivity contribution < 1.29 is 12.9 Å². The van der Waals surface area contributed by atoms with Gasteiger partial charge >= 0.3 is 0 Å². The maximum atomic E-state index is 11.6. The number of rotatable bonds is 3. The molecular weight excluding hydrogens is 342 g/mol. The van der Waals surface area contributed by atoms with Crippen molar-refractivity contribution in [2.24, 2.45) is 7.05 Å². The first-order chi connectivity index (χ1) is 11.9. The molecule has 1 aliphatic heterocycles. The molecule has 0 bridgehead atoms. The van der Waals surface area contributed by atoms with Gasteiger partial charge in [0, 0.05) is 37.0 Å². The summed E-state index contributed by atoms with van der Waals surface area (Å²) in [6.45, 7) is 0.977. The first-order valence-electron chi connectivity index (χ1n) is 8.13. The Hall–Kier alpha value is -2.26. The maximum Gasteiger partial charge on any atom is 0.230 e. The molecule has 4 rings (SSSR count). The predicted octanol–water partition coefficient (Wildman–Crippen LogP) is 1.76. The lowest BCUT2D eigenvalue weighted by atomic mass is 9.98. The van der Waals surface area contributed by atoms with Crippen LogP contribution in [-0.2, 0) is 17.1 Å². The highest BCUT2D eigenvalue weighted by molar-refractivity contribution is 7.88. The largest absolute Gasteiger partial charge is 0.339 e. The van der Waals surface area contributed by atoms with Gasteiger partial charge in [0.1, 0.15) is 0 Å². The van der Waals surface area contributed by atoms with E-state index in [4.69, 9.17) is 4.52 Å². The minimum Gasteiger partial charge on any atom is -0.339 e. The maximum absolute atomic E-state index is 11.6. The standard InChI is InChI=1S/C16H19N5O3S/c1-20-14-9-12(3-4-13(14)10-17-20)15-18-16(24-19-15)11-5-7-21(8-6-11)25(2,22)23/h3-4,9-11H,5-8H2,1-2H3. The summed E-state index contributed by atoms with van der Waals surface area (Å²) in [4.78, 5) is 4.54. The first-order valence-corrected chi connectivity index (χ1v) is 9.97. The Kier molecular flexibility index (Phi) is 3.84. The number of hydrogen-bond acceptors (Lipinski definition) is 6. The van der Waals surface area contributed by atoms with Gasteiger partial charge in [-0.15, -0.1) is 0 Å². The summed E-state index contributed by atoms with van der Waals surface area (Å²) in [6, 6.07) is 5.92. The second-order valence-electron chi connectivity index (χ2n) is 6.43. The third-order valence-electron chi connectivity index (χ3n) is 4.72. The van der Waals surface area contributed by atoms with E-state index in [2.05, 4.69) is 15.2 Å². The van der Waals surface area contributed by atoms with E-state index in [1.807, 2.05) is 31.4 Å². The van der Waals surface area contributed by atoms with Crippen LogP contribution >= 0.6 is 0 Å². The van der Waals surface area contributed by atoms with Gasteiger partial charge in [0.15, 0.2) is 0 Å². The zero-order valence-electron chi connectivity index (χ0n) is 14.1. The van der Waals surface area contributed by atoms with E-state index in [0.29, 0.717) is 37.6 Å². The Morgan fingerprint density at radius 1 is 1.24 bits per heavy atom. The molecule has 0 spiro atoms. The predicted molar refractivity (Wildman–Crippen MR) is 92.4 cm³/mol. The molecule has 132 valence electrons. The van der Waals surface area contributed by atoms with E-state index in [9.17, 15) is 8.42 Å². The van der Waals surface area contributed by atoms with Crippen LogP contribution in [0.4, 0.5) is 0 Å². The van der Waals surface area contributed by atoms with Crippen LogP contribution in [0.15, 0.2) is 28.9 Å². The SMILES string of the molecule is Cn1ncc2ccc(-c3noc(C4CCN(S(C)(=O)=O)CC4)n3)cc21. The van der Waals surface area contributed by atoms with Crippen LogP contribution in [0.5, 0.6) is 0 Å². The van der Waals surface area contributed by atoms with Crippen molar-refractivity contribution in [3.8, 4) is 11.4 Å². The molecule has 0 unspecified atom stereocenters. The van der Waals surface area contributed by atoms with E-state index >= 15 is 0 Å². The summed E-state index contributed by atoms with van der Waals surface area (Å²) in [6.07, 6.45) is 4.44. The quantitative estimate of drug-likeness (QED) is 0.705. The number of aryl methyl sites for hydroxylation is 1. The highest BCUT2D eigenvalue weighted by atomic mass is 32.2.